The second-order valence-corrected chi connectivity index (χ2v) is 9.40. The Bertz CT molecular complexity index is 1160. The summed E-state index contributed by atoms with van der Waals surface area (Å²) >= 11 is 6.33. The Balaban J connectivity index is 1.29. The molecular formula is C26H24ClF3N2O2. The first-order chi connectivity index (χ1) is 16.2. The Morgan fingerprint density at radius 2 is 1.85 bits per heavy atom. The van der Waals surface area contributed by atoms with Gasteiger partial charge in [0.2, 0.25) is 0 Å². The summed E-state index contributed by atoms with van der Waals surface area (Å²) in [5, 5.41) is 0.687. The van der Waals surface area contributed by atoms with Gasteiger partial charge in [0.15, 0.2) is 0 Å². The molecule has 1 atom stereocenters. The van der Waals surface area contributed by atoms with Gasteiger partial charge in [-0.05, 0) is 66.8 Å². The van der Waals surface area contributed by atoms with Crippen LogP contribution < -0.4 is 4.74 Å². The molecule has 1 spiro atoms. The number of rotatable bonds is 4. The first kappa shape index (κ1) is 23.1. The fourth-order valence-corrected chi connectivity index (χ4v) is 5.30. The van der Waals surface area contributed by atoms with Crippen molar-refractivity contribution in [1.82, 2.24) is 9.88 Å². The average molecular weight is 489 g/mol. The van der Waals surface area contributed by atoms with E-state index in [-0.39, 0.29) is 11.9 Å². The third-order valence-electron chi connectivity index (χ3n) is 6.49. The van der Waals surface area contributed by atoms with E-state index in [1.54, 1.807) is 12.1 Å². The van der Waals surface area contributed by atoms with Crippen molar-refractivity contribution in [3.05, 3.63) is 93.8 Å². The Morgan fingerprint density at radius 1 is 1.12 bits per heavy atom. The van der Waals surface area contributed by atoms with Crippen LogP contribution in [0, 0.1) is 6.92 Å². The molecule has 0 amide bonds. The number of hydrogen-bond acceptors (Lipinski definition) is 4. The van der Waals surface area contributed by atoms with Crippen LogP contribution in [0.2, 0.25) is 5.02 Å². The lowest BCUT2D eigenvalue weighted by Crippen LogP contribution is -2.42. The van der Waals surface area contributed by atoms with Crippen LogP contribution in [-0.4, -0.2) is 29.3 Å². The molecule has 2 aliphatic rings. The molecule has 2 aliphatic heterocycles. The Hall–Kier alpha value is -2.61. The SMILES string of the molecule is Cc1cc(Cl)cc(C2OC3(CCN(Cc4ccc(OC(F)(F)F)cc4)CC3)c3ncccc32)c1. The molecule has 0 saturated carbocycles. The van der Waals surface area contributed by atoms with E-state index in [2.05, 4.69) is 21.8 Å². The van der Waals surface area contributed by atoms with Crippen LogP contribution in [0.25, 0.3) is 0 Å². The maximum Gasteiger partial charge on any atom is 0.573 e. The molecule has 0 bridgehead atoms. The van der Waals surface area contributed by atoms with Crippen LogP contribution >= 0.6 is 11.6 Å². The number of fused-ring (bicyclic) bond motifs is 2. The highest BCUT2D eigenvalue weighted by atomic mass is 35.5. The number of hydrogen-bond donors (Lipinski definition) is 0. The molecule has 3 heterocycles. The van der Waals surface area contributed by atoms with Gasteiger partial charge in [0.05, 0.1) is 5.69 Å². The molecule has 178 valence electrons. The first-order valence-electron chi connectivity index (χ1n) is 11.2. The van der Waals surface area contributed by atoms with Gasteiger partial charge < -0.3 is 9.47 Å². The predicted octanol–water partition coefficient (Wildman–Crippen LogP) is 6.55. The number of likely N-dealkylation sites (tertiary alicyclic amines) is 1. The number of halogens is 4. The van der Waals surface area contributed by atoms with Crippen molar-refractivity contribution in [3.63, 3.8) is 0 Å². The molecule has 1 saturated heterocycles. The van der Waals surface area contributed by atoms with E-state index in [0.717, 1.165) is 53.9 Å². The van der Waals surface area contributed by atoms with E-state index >= 15 is 0 Å². The Kier molecular flexibility index (Phi) is 6.04. The van der Waals surface area contributed by atoms with Gasteiger partial charge in [-0.2, -0.15) is 0 Å². The van der Waals surface area contributed by atoms with E-state index < -0.39 is 12.0 Å². The smallest absolute Gasteiger partial charge is 0.406 e. The molecule has 2 aromatic carbocycles. The maximum atomic E-state index is 12.4. The number of nitrogens with zero attached hydrogens (tertiary/aromatic N) is 2. The highest BCUT2D eigenvalue weighted by molar-refractivity contribution is 6.30. The van der Waals surface area contributed by atoms with Gasteiger partial charge in [0, 0.05) is 36.4 Å². The minimum Gasteiger partial charge on any atom is -0.406 e. The molecule has 4 nitrogen and oxygen atoms in total. The molecule has 34 heavy (non-hydrogen) atoms. The molecule has 3 aromatic rings. The van der Waals surface area contributed by atoms with Crippen LogP contribution in [0.3, 0.4) is 0 Å². The largest absolute Gasteiger partial charge is 0.573 e. The molecule has 0 aliphatic carbocycles. The molecular weight excluding hydrogens is 465 g/mol. The van der Waals surface area contributed by atoms with Gasteiger partial charge in [-0.1, -0.05) is 35.9 Å². The lowest BCUT2D eigenvalue weighted by Gasteiger charge is -2.39. The van der Waals surface area contributed by atoms with Crippen LogP contribution in [-0.2, 0) is 16.9 Å². The number of aromatic nitrogens is 1. The zero-order chi connectivity index (χ0) is 23.9. The number of aryl methyl sites for hydroxylation is 1. The van der Waals surface area contributed by atoms with Crippen molar-refractivity contribution < 1.29 is 22.6 Å². The Morgan fingerprint density at radius 3 is 2.53 bits per heavy atom. The predicted molar refractivity (Wildman–Crippen MR) is 123 cm³/mol. The lowest BCUT2D eigenvalue weighted by molar-refractivity contribution is -0.274. The van der Waals surface area contributed by atoms with Crippen molar-refractivity contribution in [3.8, 4) is 5.75 Å². The second kappa shape index (κ2) is 8.87. The summed E-state index contributed by atoms with van der Waals surface area (Å²) in [5.41, 5.74) is 4.66. The average Bonchev–Trinajstić information content (AvgIpc) is 3.10. The maximum absolute atomic E-state index is 12.4. The van der Waals surface area contributed by atoms with Gasteiger partial charge in [0.25, 0.3) is 0 Å². The van der Waals surface area contributed by atoms with Crippen LogP contribution in [0.1, 0.15) is 46.9 Å². The molecule has 8 heteroatoms. The highest BCUT2D eigenvalue weighted by Gasteiger charge is 2.48. The molecule has 1 unspecified atom stereocenters. The Labute approximate surface area is 201 Å². The molecule has 5 rings (SSSR count). The number of pyridine rings is 1. The van der Waals surface area contributed by atoms with E-state index in [4.69, 9.17) is 21.3 Å². The van der Waals surface area contributed by atoms with Gasteiger partial charge >= 0.3 is 6.36 Å². The minimum absolute atomic E-state index is 0.210. The van der Waals surface area contributed by atoms with Gasteiger partial charge in [-0.15, -0.1) is 13.2 Å². The standard InChI is InChI=1S/C26H24ClF3N2O2/c1-17-13-19(15-20(27)14-17)23-22-3-2-10-31-24(22)25(34-23)8-11-32(12-9-25)16-18-4-6-21(7-5-18)33-26(28,29)30/h2-7,10,13-15,23H,8-9,11-12,16H2,1H3. The summed E-state index contributed by atoms with van der Waals surface area (Å²) in [6, 6.07) is 16.1. The second-order valence-electron chi connectivity index (χ2n) is 8.96. The van der Waals surface area contributed by atoms with Crippen molar-refractivity contribution in [2.24, 2.45) is 0 Å². The van der Waals surface area contributed by atoms with Crippen LogP contribution in [0.5, 0.6) is 5.75 Å². The zero-order valence-corrected chi connectivity index (χ0v) is 19.4. The molecule has 1 fully saturated rings. The summed E-state index contributed by atoms with van der Waals surface area (Å²) in [6.45, 7) is 4.25. The zero-order valence-electron chi connectivity index (χ0n) is 18.6. The third kappa shape index (κ3) is 4.78. The van der Waals surface area contributed by atoms with E-state index in [9.17, 15) is 13.2 Å². The lowest BCUT2D eigenvalue weighted by atomic mass is 9.86. The third-order valence-corrected chi connectivity index (χ3v) is 6.71. The van der Waals surface area contributed by atoms with Crippen LogP contribution in [0.4, 0.5) is 13.2 Å². The topological polar surface area (TPSA) is 34.6 Å². The van der Waals surface area contributed by atoms with Crippen molar-refractivity contribution in [1.29, 1.82) is 0 Å². The summed E-state index contributed by atoms with van der Waals surface area (Å²) in [6.07, 6.45) is -1.53. The molecule has 1 aromatic heterocycles. The fraction of sp³-hybridized carbons (Fsp3) is 0.346. The number of alkyl halides is 3. The summed E-state index contributed by atoms with van der Waals surface area (Å²) in [4.78, 5) is 7.01. The van der Waals surface area contributed by atoms with Crippen molar-refractivity contribution in [2.75, 3.05) is 13.1 Å². The van der Waals surface area contributed by atoms with Crippen molar-refractivity contribution >= 4 is 11.6 Å². The fourth-order valence-electron chi connectivity index (χ4n) is 5.00. The van der Waals surface area contributed by atoms with E-state index in [1.165, 1.54) is 12.1 Å². The summed E-state index contributed by atoms with van der Waals surface area (Å²) in [5.74, 6) is -0.210. The van der Waals surface area contributed by atoms with Gasteiger partial charge in [-0.3, -0.25) is 9.88 Å². The summed E-state index contributed by atoms with van der Waals surface area (Å²) < 4.78 is 47.9. The summed E-state index contributed by atoms with van der Waals surface area (Å²) in [7, 11) is 0. The van der Waals surface area contributed by atoms with Crippen LogP contribution in [0.15, 0.2) is 60.8 Å². The molecule has 0 N–H and O–H groups in total. The normalized spacial score (nSPS) is 19.9. The van der Waals surface area contributed by atoms with Gasteiger partial charge in [0.1, 0.15) is 17.5 Å². The quantitative estimate of drug-likeness (QED) is 0.417. The number of piperidine rings is 1. The molecule has 0 radical (unpaired) electrons. The van der Waals surface area contributed by atoms with E-state index in [1.807, 2.05) is 31.3 Å². The monoisotopic (exact) mass is 488 g/mol. The van der Waals surface area contributed by atoms with Crippen molar-refractivity contribution in [2.45, 2.75) is 44.4 Å². The number of ether oxygens (including phenoxy) is 2. The number of benzene rings is 2. The first-order valence-corrected chi connectivity index (χ1v) is 11.6. The van der Waals surface area contributed by atoms with E-state index in [0.29, 0.717) is 11.6 Å². The van der Waals surface area contributed by atoms with Gasteiger partial charge in [-0.25, -0.2) is 0 Å². The minimum atomic E-state index is -4.68. The highest BCUT2D eigenvalue weighted by Crippen LogP contribution is 2.50.